The molecule has 0 aromatic heterocycles. The third-order valence-corrected chi connectivity index (χ3v) is 0. The largest absolute Gasteiger partial charge is 6.00 e. The van der Waals surface area contributed by atoms with Gasteiger partial charge in [-0.2, -0.15) is 0 Å². The summed E-state index contributed by atoms with van der Waals surface area (Å²) in [6.07, 6.45) is 0. The third kappa shape index (κ3) is 513. The summed E-state index contributed by atoms with van der Waals surface area (Å²) in [6, 6.07) is 0. The van der Waals surface area contributed by atoms with Crippen molar-refractivity contribution in [3.63, 3.8) is 0 Å². The second-order valence-corrected chi connectivity index (χ2v) is 0. The number of nitrogens with zero attached hydrogens (tertiary/aromatic N) is 11. The molecule has 17 heavy (non-hydrogen) atoms. The quantitative estimate of drug-likeness (QED) is 0.339. The first kappa shape index (κ1) is 671. The first-order valence-electron chi connectivity index (χ1n) is 0. The molecule has 0 aliphatic rings. The van der Waals surface area contributed by atoms with Crippen LogP contribution in [0.1, 0.15) is 0 Å². The van der Waals surface area contributed by atoms with Crippen molar-refractivity contribution in [2.24, 2.45) is 0 Å². The van der Waals surface area contributed by atoms with Gasteiger partial charge in [0.05, 0.1) is 0 Å². The minimum absolute atomic E-state index is 0. The van der Waals surface area contributed by atoms with Gasteiger partial charge in [-0.15, -0.1) is 0 Å². The summed E-state index contributed by atoms with van der Waals surface area (Å²) in [5.74, 6) is 0. The predicted octanol–water partition coefficient (Wildman–Crippen LogP) is 3.16. The average Bonchev–Trinajstić information content (AvgIpc) is 0. The predicted molar refractivity (Wildman–Crippen MR) is 36.9 cm³/mol. The number of hydrogen-bond acceptors (Lipinski definition) is 0. The molecule has 0 spiro atoms. The zero-order chi connectivity index (χ0) is 0. The minimum atomic E-state index is 0. The van der Waals surface area contributed by atoms with Gasteiger partial charge in [-0.25, -0.2) is 0 Å². The Morgan fingerprint density at radius 2 is 0.176 bits per heavy atom. The maximum atomic E-state index is 0. The van der Waals surface area contributed by atoms with Gasteiger partial charge in [-0.1, -0.05) is 0 Å². The monoisotopic (exact) mass is 859 g/mol. The summed E-state index contributed by atoms with van der Waals surface area (Å²) >= 11 is 0. The third-order valence-electron chi connectivity index (χ3n) is 0. The summed E-state index contributed by atoms with van der Waals surface area (Å²) in [7, 11) is 0. The average molecular weight is 858 g/mol. The van der Waals surface area contributed by atoms with Crippen LogP contribution in [0.3, 0.4) is 0 Å². The van der Waals surface area contributed by atoms with E-state index in [2.05, 4.69) is 0 Å². The molecule has 0 amide bonds. The van der Waals surface area contributed by atoms with E-state index in [0.717, 1.165) is 0 Å². The zero-order valence-electron chi connectivity index (χ0n) is 7.49. The Balaban J connectivity index is 0. The van der Waals surface area contributed by atoms with E-state index in [1.54, 1.807) is 0 Å². The van der Waals surface area contributed by atoms with Crippen LogP contribution in [0.25, 0.3) is 67.7 Å². The fourth-order valence-electron chi connectivity index (χ4n) is 0. The Hall–Kier alpha value is 3.38. The fraction of sp³-hybridized carbons (Fsp3) is 0. The Bertz CT molecular complexity index is 21.9. The molecule has 11 nitrogen and oxygen atoms in total. The van der Waals surface area contributed by atoms with Crippen molar-refractivity contribution in [2.75, 3.05) is 0 Å². The van der Waals surface area contributed by atoms with Crippen LogP contribution in [0.15, 0.2) is 0 Å². The second kappa shape index (κ2) is 574. The maximum Gasteiger partial charge on any atom is 6.00 e. The van der Waals surface area contributed by atoms with Crippen molar-refractivity contribution in [1.82, 2.24) is 0 Å². The summed E-state index contributed by atoms with van der Waals surface area (Å²) in [6.45, 7) is 0. The Labute approximate surface area is 184 Å². The van der Waals surface area contributed by atoms with Gasteiger partial charge in [0.1, 0.15) is 0 Å². The van der Waals surface area contributed by atoms with Crippen molar-refractivity contribution in [3.8, 4) is 0 Å². The van der Waals surface area contributed by atoms with Gasteiger partial charge in [-0.05, 0) is 0 Å². The van der Waals surface area contributed by atoms with Crippen LogP contribution in [-0.4, -0.2) is 0 Å². The summed E-state index contributed by atoms with van der Waals surface area (Å²) < 4.78 is 0. The molecule has 0 atom stereocenters. The van der Waals surface area contributed by atoms with Gasteiger partial charge < -0.3 is 67.7 Å². The van der Waals surface area contributed by atoms with Gasteiger partial charge in [0.15, 0.2) is 0 Å². The smallest absolute Gasteiger partial charge is 3.00 e. The van der Waals surface area contributed by atoms with E-state index in [1.165, 1.54) is 0 Å². The number of hydrogen-bond donors (Lipinski definition) is 0. The summed E-state index contributed by atoms with van der Waals surface area (Å²) in [4.78, 5) is 0. The van der Waals surface area contributed by atoms with Crippen molar-refractivity contribution in [1.29, 1.82) is 0 Å². The zero-order valence-corrected chi connectivity index (χ0v) is 20.5. The topological polar surface area (TPSA) is 336 Å². The van der Waals surface area contributed by atoms with E-state index in [0.29, 0.717) is 0 Å². The van der Waals surface area contributed by atoms with Crippen LogP contribution in [-0.2, 0) is 119 Å². The van der Waals surface area contributed by atoms with Crippen molar-refractivity contribution >= 4 is 0 Å². The van der Waals surface area contributed by atoms with E-state index < -0.39 is 0 Å². The molecule has 0 bridgehead atoms. The summed E-state index contributed by atoms with van der Waals surface area (Å²) in [5, 5.41) is 0. The first-order chi connectivity index (χ1) is 0. The molecule has 0 heterocycles. The molecule has 0 N–H and O–H groups in total. The van der Waals surface area contributed by atoms with Crippen molar-refractivity contribution in [2.45, 2.75) is 0 Å². The molecule has 0 aromatic carbocycles. The molecule has 0 rings (SSSR count). The molecule has 0 radical (unpaired) electrons. The van der Waals surface area contributed by atoms with Gasteiger partial charge >= 0.3 is 119 Å². The van der Waals surface area contributed by atoms with E-state index in [4.69, 9.17) is 0 Å². The molecular formula is N11V3W3. The van der Waals surface area contributed by atoms with Crippen LogP contribution in [0.2, 0.25) is 0 Å². The normalized spacial score (nSPS) is 0. The molecular weight excluding hydrogens is 858 g/mol. The molecule has 0 aromatic rings. The first-order valence-corrected chi connectivity index (χ1v) is 0. The number of rotatable bonds is 0. The molecule has 0 fully saturated rings. The van der Waals surface area contributed by atoms with Gasteiger partial charge in [0.2, 0.25) is 0 Å². The van der Waals surface area contributed by atoms with Crippen molar-refractivity contribution < 1.29 is 119 Å². The van der Waals surface area contributed by atoms with Gasteiger partial charge in [0, 0.05) is 0 Å². The second-order valence-electron chi connectivity index (χ2n) is 0. The van der Waals surface area contributed by atoms with E-state index in [9.17, 15) is 0 Å². The van der Waals surface area contributed by atoms with Gasteiger partial charge in [0.25, 0.3) is 0 Å². The Kier molecular flexibility index (Phi) is 22600. The van der Waals surface area contributed by atoms with Crippen LogP contribution < -0.4 is 0 Å². The Morgan fingerprint density at radius 1 is 0.176 bits per heavy atom. The molecule has 0 saturated heterocycles. The minimum Gasteiger partial charge on any atom is -3.00 e. The standard InChI is InChI=1S/11N.3V.3W/q11*-3;3*+5;3*+6. The molecule has 0 aliphatic carbocycles. The van der Waals surface area contributed by atoms with Gasteiger partial charge in [-0.3, -0.25) is 0 Å². The summed E-state index contributed by atoms with van der Waals surface area (Å²) in [5.41, 5.74) is 0. The molecule has 0 aliphatic heterocycles. The van der Waals surface area contributed by atoms with Crippen LogP contribution in [0, 0.1) is 0 Å². The molecule has 0 saturated carbocycles. The van der Waals surface area contributed by atoms with E-state index in [1.807, 2.05) is 0 Å². The molecule has 17 heteroatoms. The van der Waals surface area contributed by atoms with Crippen LogP contribution in [0.5, 0.6) is 0 Å². The molecule has 88 valence electrons. The Morgan fingerprint density at radius 3 is 0.176 bits per heavy atom. The fourth-order valence-corrected chi connectivity index (χ4v) is 0. The molecule has 0 unspecified atom stereocenters. The van der Waals surface area contributed by atoms with E-state index >= 15 is 0 Å². The van der Waals surface area contributed by atoms with Crippen LogP contribution in [0.4, 0.5) is 0 Å². The van der Waals surface area contributed by atoms with Crippen molar-refractivity contribution in [3.05, 3.63) is 67.7 Å². The van der Waals surface area contributed by atoms with E-state index in [-0.39, 0.29) is 187 Å². The van der Waals surface area contributed by atoms with Crippen LogP contribution >= 0.6 is 0 Å². The SMILES string of the molecule is [N-3].[N-3].[N-3].[N-3].[N-3].[N-3].[N-3].[N-3].[N-3].[N-3].[N-3].[V+5].[V+5].[V+5].[W+6].[W+6].[W+6]. The maximum absolute atomic E-state index is 0.